The van der Waals surface area contributed by atoms with Crippen molar-refractivity contribution in [3.05, 3.63) is 40.0 Å². The molecule has 0 bridgehead atoms. The van der Waals surface area contributed by atoms with Gasteiger partial charge >= 0.3 is 6.16 Å². The van der Waals surface area contributed by atoms with E-state index >= 15 is 0 Å². The Kier molecular flexibility index (Phi) is 17.4. The molecule has 0 saturated carbocycles. The van der Waals surface area contributed by atoms with E-state index in [9.17, 15) is 38.9 Å². The van der Waals surface area contributed by atoms with Gasteiger partial charge in [0.25, 0.3) is 29.3 Å². The van der Waals surface area contributed by atoms with E-state index in [1.807, 2.05) is 0 Å². The smallest absolute Gasteiger partial charge is 0.493 e. The molecule has 2 aliphatic rings. The summed E-state index contributed by atoms with van der Waals surface area (Å²) < 4.78 is 37.6. The van der Waals surface area contributed by atoms with Gasteiger partial charge in [-0.15, -0.1) is 0 Å². The number of rotatable bonds is 25. The molecule has 0 aromatic heterocycles. The van der Waals surface area contributed by atoms with Crippen LogP contribution in [-0.4, -0.2) is 130 Å². The van der Waals surface area contributed by atoms with Crippen molar-refractivity contribution in [3.8, 4) is 11.5 Å². The van der Waals surface area contributed by atoms with Crippen LogP contribution in [0.4, 0.5) is 10.5 Å². The van der Waals surface area contributed by atoms with E-state index in [1.54, 1.807) is 0 Å². The van der Waals surface area contributed by atoms with Crippen LogP contribution in [0.25, 0.3) is 0 Å². The van der Waals surface area contributed by atoms with Crippen LogP contribution in [-0.2, 0) is 52.5 Å². The van der Waals surface area contributed by atoms with Gasteiger partial charge in [-0.3, -0.25) is 43.8 Å². The van der Waals surface area contributed by atoms with Crippen LogP contribution in [0, 0.1) is 10.1 Å². The quantitative estimate of drug-likeness (QED) is 0.0487. The highest BCUT2D eigenvalue weighted by Crippen LogP contribution is 2.38. The molecule has 1 unspecified atom stereocenters. The molecule has 1 aromatic rings. The number of amides is 5. The summed E-state index contributed by atoms with van der Waals surface area (Å²) in [5, 5.41) is 14.8. The minimum atomic E-state index is -1.40. The monoisotopic (exact) mass is 738 g/mol. The highest BCUT2D eigenvalue weighted by Gasteiger charge is 2.34. The van der Waals surface area contributed by atoms with Gasteiger partial charge in [0.1, 0.15) is 6.10 Å². The maximum absolute atomic E-state index is 12.2. The predicted molar refractivity (Wildman–Crippen MR) is 174 cm³/mol. The van der Waals surface area contributed by atoms with Crippen LogP contribution >= 0.6 is 0 Å². The van der Waals surface area contributed by atoms with Crippen LogP contribution in [0.3, 0.4) is 0 Å². The minimum Gasteiger partial charge on any atom is -0.493 e. The predicted octanol–water partition coefficient (Wildman–Crippen LogP) is 1.15. The van der Waals surface area contributed by atoms with Crippen molar-refractivity contribution in [1.29, 1.82) is 0 Å². The Labute approximate surface area is 298 Å². The standard InChI is InChI=1S/C32H42N4O16/c1-22(51-32(42)52-35-30(40)7-8-31(35)41)23-20-25(45-2)26(21-24(23)36(43)44)50-11-3-4-27(37)33-9-12-46-14-16-48-18-19-49-17-15-47-13-10-34-28(38)5-6-29(34)39/h5-6,20-22H,3-4,7-19H2,1-2H3,(H,33,37). The SMILES string of the molecule is COc1cc(C(C)OC(=O)ON2C(=O)CCC2=O)c([N+](=O)[O-])cc1OCCCC(=O)NCCOCCOCCOCCOCCN1C(=O)C=CC1=O. The number of hydroxylamine groups is 2. The van der Waals surface area contributed by atoms with Crippen LogP contribution in [0.5, 0.6) is 11.5 Å². The van der Waals surface area contributed by atoms with Crippen molar-refractivity contribution in [1.82, 2.24) is 15.3 Å². The van der Waals surface area contributed by atoms with Crippen molar-refractivity contribution in [3.63, 3.8) is 0 Å². The molecule has 1 saturated heterocycles. The topological polar surface area (TPSA) is 238 Å². The fraction of sp³-hybridized carbons (Fsp3) is 0.562. The average molecular weight is 739 g/mol. The second-order valence-electron chi connectivity index (χ2n) is 10.9. The van der Waals surface area contributed by atoms with E-state index in [-0.39, 0.29) is 93.4 Å². The van der Waals surface area contributed by atoms with Gasteiger partial charge in [-0.25, -0.2) is 4.79 Å². The number of nitrogens with zero attached hydrogens (tertiary/aromatic N) is 3. The summed E-state index contributed by atoms with van der Waals surface area (Å²) in [6, 6.07) is 2.36. The van der Waals surface area contributed by atoms with Gasteiger partial charge in [0.15, 0.2) is 11.5 Å². The number of ether oxygens (including phenoxy) is 7. The number of hydrogen-bond acceptors (Lipinski definition) is 16. The van der Waals surface area contributed by atoms with E-state index < -0.39 is 34.7 Å². The minimum absolute atomic E-state index is 0.0262. The Morgan fingerprint density at radius 1 is 0.846 bits per heavy atom. The number of methoxy groups -OCH3 is 1. The third-order valence-corrected chi connectivity index (χ3v) is 7.24. The molecular formula is C32H42N4O16. The molecule has 3 rings (SSSR count). The maximum Gasteiger partial charge on any atom is 0.534 e. The Bertz CT molecular complexity index is 1430. The zero-order valence-electron chi connectivity index (χ0n) is 28.9. The number of nitro benzene ring substituents is 1. The lowest BCUT2D eigenvalue weighted by atomic mass is 10.1. The van der Waals surface area contributed by atoms with Gasteiger partial charge in [0.2, 0.25) is 5.91 Å². The van der Waals surface area contributed by atoms with Gasteiger partial charge in [-0.05, 0) is 19.4 Å². The van der Waals surface area contributed by atoms with E-state index in [0.29, 0.717) is 44.7 Å². The molecule has 0 aliphatic carbocycles. The highest BCUT2D eigenvalue weighted by molar-refractivity contribution is 6.12. The Morgan fingerprint density at radius 3 is 2.00 bits per heavy atom. The summed E-state index contributed by atoms with van der Waals surface area (Å²) >= 11 is 0. The second kappa shape index (κ2) is 21.9. The van der Waals surface area contributed by atoms with Gasteiger partial charge in [0, 0.05) is 38.0 Å². The van der Waals surface area contributed by atoms with Gasteiger partial charge in [-0.1, -0.05) is 5.06 Å². The normalized spacial score (nSPS) is 14.6. The van der Waals surface area contributed by atoms with E-state index in [0.717, 1.165) is 11.0 Å². The number of nitro groups is 1. The van der Waals surface area contributed by atoms with Crippen LogP contribution < -0.4 is 14.8 Å². The van der Waals surface area contributed by atoms with Gasteiger partial charge in [0.05, 0.1) is 89.7 Å². The Balaban J connectivity index is 1.22. The summed E-state index contributed by atoms with van der Waals surface area (Å²) in [4.78, 5) is 87.4. The largest absolute Gasteiger partial charge is 0.534 e. The van der Waals surface area contributed by atoms with Gasteiger partial charge < -0.3 is 38.5 Å². The molecule has 1 atom stereocenters. The van der Waals surface area contributed by atoms with Crippen molar-refractivity contribution < 1.29 is 71.7 Å². The molecule has 1 fully saturated rings. The number of hydrogen-bond donors (Lipinski definition) is 1. The van der Waals surface area contributed by atoms with Crippen molar-refractivity contribution in [2.45, 2.75) is 38.7 Å². The molecule has 2 aliphatic heterocycles. The fourth-order valence-electron chi connectivity index (χ4n) is 4.62. The maximum atomic E-state index is 12.2. The molecule has 2 heterocycles. The zero-order valence-corrected chi connectivity index (χ0v) is 28.9. The Morgan fingerprint density at radius 2 is 1.42 bits per heavy atom. The molecule has 20 heteroatoms. The number of nitrogens with one attached hydrogen (secondary N) is 1. The first kappa shape index (κ1) is 41.2. The summed E-state index contributed by atoms with van der Waals surface area (Å²) in [5.41, 5.74) is -0.514. The molecule has 0 radical (unpaired) electrons. The molecule has 1 aromatic carbocycles. The summed E-state index contributed by atoms with van der Waals surface area (Å²) in [7, 11) is 1.31. The van der Waals surface area contributed by atoms with Crippen molar-refractivity contribution in [2.24, 2.45) is 0 Å². The summed E-state index contributed by atoms with van der Waals surface area (Å²) in [5.74, 6) is -2.24. The summed E-state index contributed by atoms with van der Waals surface area (Å²) in [6.07, 6.45) is -0.0165. The molecule has 52 heavy (non-hydrogen) atoms. The van der Waals surface area contributed by atoms with Crippen LogP contribution in [0.15, 0.2) is 24.3 Å². The third kappa shape index (κ3) is 13.5. The van der Waals surface area contributed by atoms with Gasteiger partial charge in [-0.2, -0.15) is 0 Å². The van der Waals surface area contributed by atoms with E-state index in [1.165, 1.54) is 32.3 Å². The lowest BCUT2D eigenvalue weighted by Crippen LogP contribution is -2.33. The number of imide groups is 2. The lowest BCUT2D eigenvalue weighted by Gasteiger charge is -2.18. The first-order chi connectivity index (χ1) is 25.0. The summed E-state index contributed by atoms with van der Waals surface area (Å²) in [6.45, 7) is 4.34. The fourth-order valence-corrected chi connectivity index (χ4v) is 4.62. The molecule has 20 nitrogen and oxygen atoms in total. The second-order valence-corrected chi connectivity index (χ2v) is 10.9. The third-order valence-electron chi connectivity index (χ3n) is 7.24. The van der Waals surface area contributed by atoms with E-state index in [4.69, 9.17) is 33.2 Å². The van der Waals surface area contributed by atoms with Crippen LogP contribution in [0.1, 0.15) is 44.3 Å². The average Bonchev–Trinajstić information content (AvgIpc) is 3.61. The lowest BCUT2D eigenvalue weighted by molar-refractivity contribution is -0.386. The molecule has 1 N–H and O–H groups in total. The number of benzene rings is 1. The molecular weight excluding hydrogens is 696 g/mol. The molecule has 286 valence electrons. The first-order valence-corrected chi connectivity index (χ1v) is 16.4. The van der Waals surface area contributed by atoms with Crippen LogP contribution in [0.2, 0.25) is 0 Å². The highest BCUT2D eigenvalue weighted by atomic mass is 16.8. The zero-order chi connectivity index (χ0) is 37.9. The van der Waals surface area contributed by atoms with Crippen molar-refractivity contribution >= 4 is 41.4 Å². The molecule has 5 amide bonds. The number of carbonyl (C=O) groups excluding carboxylic acids is 6. The Hall–Kier alpha value is -5.18. The van der Waals surface area contributed by atoms with E-state index in [2.05, 4.69) is 10.2 Å². The molecule has 0 spiro atoms. The first-order valence-electron chi connectivity index (χ1n) is 16.4. The van der Waals surface area contributed by atoms with Crippen molar-refractivity contribution in [2.75, 3.05) is 79.7 Å². The number of carbonyl (C=O) groups is 6.